The van der Waals surface area contributed by atoms with Gasteiger partial charge in [0.2, 0.25) is 6.41 Å². The molecule has 10 heteroatoms. The minimum Gasteiger partial charge on any atom is -0.461 e. The van der Waals surface area contributed by atoms with Crippen LogP contribution < -0.4 is 5.32 Å². The van der Waals surface area contributed by atoms with Crippen LogP contribution in [0.15, 0.2) is 71.9 Å². The summed E-state index contributed by atoms with van der Waals surface area (Å²) in [4.78, 5) is 49.7. The highest BCUT2D eigenvalue weighted by Crippen LogP contribution is 2.37. The number of carbonyl (C=O) groups is 4. The summed E-state index contributed by atoms with van der Waals surface area (Å²) in [7, 11) is -1.62. The molecule has 2 amide bonds. The van der Waals surface area contributed by atoms with Crippen LogP contribution in [0.1, 0.15) is 24.2 Å². The lowest BCUT2D eigenvalue weighted by Gasteiger charge is -2.48. The van der Waals surface area contributed by atoms with Gasteiger partial charge in [-0.1, -0.05) is 60.7 Å². The molecule has 2 aliphatic heterocycles. The molecular weight excluding hydrogens is 460 g/mol. The molecule has 4 rings (SSSR count). The molecule has 2 aliphatic rings. The Balaban J connectivity index is 1.71. The number of hydrogen-bond donors (Lipinski definition) is 1. The van der Waals surface area contributed by atoms with Crippen molar-refractivity contribution in [1.29, 1.82) is 0 Å². The molecule has 0 aromatic heterocycles. The fourth-order valence-electron chi connectivity index (χ4n) is 3.98. The van der Waals surface area contributed by atoms with Crippen molar-refractivity contribution in [2.45, 2.75) is 24.4 Å². The summed E-state index contributed by atoms with van der Waals surface area (Å²) in [6, 6.07) is 17.2. The number of esters is 2. The second-order valence-electron chi connectivity index (χ2n) is 7.73. The highest BCUT2D eigenvalue weighted by Gasteiger charge is 2.57. The summed E-state index contributed by atoms with van der Waals surface area (Å²) < 4.78 is 23.8. The van der Waals surface area contributed by atoms with Gasteiger partial charge in [-0.3, -0.25) is 23.5 Å². The monoisotopic (exact) mass is 482 g/mol. The maximum absolute atomic E-state index is 13.5. The number of β-lactam (4-membered cyclic amide) rings is 1. The number of nitrogens with zero attached hydrogens (tertiary/aromatic N) is 1. The Hall–Kier alpha value is -3.79. The maximum Gasteiger partial charge on any atom is 0.356 e. The van der Waals surface area contributed by atoms with E-state index in [9.17, 15) is 23.4 Å². The minimum atomic E-state index is -1.62. The minimum absolute atomic E-state index is 0.107. The number of ether oxygens (including phenoxy) is 2. The van der Waals surface area contributed by atoms with Crippen molar-refractivity contribution >= 4 is 35.1 Å². The zero-order chi connectivity index (χ0) is 24.2. The number of hydrogen-bond acceptors (Lipinski definition) is 7. The zero-order valence-electron chi connectivity index (χ0n) is 18.2. The van der Waals surface area contributed by atoms with Crippen LogP contribution >= 0.6 is 0 Å². The molecule has 2 aromatic carbocycles. The topological polar surface area (TPSA) is 119 Å². The largest absolute Gasteiger partial charge is 0.461 e. The van der Waals surface area contributed by atoms with Crippen molar-refractivity contribution in [3.63, 3.8) is 0 Å². The first kappa shape index (κ1) is 23.4. The summed E-state index contributed by atoms with van der Waals surface area (Å²) in [5.41, 5.74) is 1.54. The van der Waals surface area contributed by atoms with Gasteiger partial charge < -0.3 is 14.8 Å². The average Bonchev–Trinajstić information content (AvgIpc) is 2.85. The Labute approximate surface area is 198 Å². The molecular formula is C24H22N2O7S. The predicted molar refractivity (Wildman–Crippen MR) is 121 cm³/mol. The van der Waals surface area contributed by atoms with Gasteiger partial charge in [0, 0.05) is 12.5 Å². The second-order valence-corrected chi connectivity index (χ2v) is 9.26. The van der Waals surface area contributed by atoms with E-state index >= 15 is 0 Å². The van der Waals surface area contributed by atoms with Gasteiger partial charge in [-0.25, -0.2) is 4.79 Å². The van der Waals surface area contributed by atoms with Crippen LogP contribution in [0, 0.1) is 0 Å². The number of nitrogens with one attached hydrogen (secondary N) is 1. The van der Waals surface area contributed by atoms with Gasteiger partial charge in [0.1, 0.15) is 23.7 Å². The number of benzene rings is 2. The quantitative estimate of drug-likeness (QED) is 0.341. The number of fused-ring (bicyclic) bond motifs is 1. The fourth-order valence-corrected chi connectivity index (χ4v) is 5.66. The summed E-state index contributed by atoms with van der Waals surface area (Å²) in [6.45, 7) is 0.899. The Bertz CT molecular complexity index is 1130. The van der Waals surface area contributed by atoms with Crippen LogP contribution in [0.4, 0.5) is 0 Å². The molecule has 9 nitrogen and oxygen atoms in total. The molecule has 3 unspecified atom stereocenters. The SMILES string of the molecule is CC(=O)OCC1=C(C(=O)OC(c2ccccc2)c2ccccc2)N2C(=O)C(NC=O)C2S(=O)C1. The van der Waals surface area contributed by atoms with Crippen LogP contribution in [0.2, 0.25) is 0 Å². The second kappa shape index (κ2) is 10.0. The lowest BCUT2D eigenvalue weighted by molar-refractivity contribution is -0.154. The molecule has 2 heterocycles. The Kier molecular flexibility index (Phi) is 6.87. The van der Waals surface area contributed by atoms with Crippen molar-refractivity contribution in [3.05, 3.63) is 83.1 Å². The normalized spacial score (nSPS) is 21.4. The third kappa shape index (κ3) is 4.49. The zero-order valence-corrected chi connectivity index (χ0v) is 19.0. The fraction of sp³-hybridized carbons (Fsp3) is 0.250. The first-order valence-electron chi connectivity index (χ1n) is 10.5. The molecule has 0 saturated carbocycles. The molecule has 0 bridgehead atoms. The van der Waals surface area contributed by atoms with Crippen LogP contribution in [0.5, 0.6) is 0 Å². The third-order valence-corrected chi connectivity index (χ3v) is 7.18. The first-order chi connectivity index (χ1) is 16.4. The van der Waals surface area contributed by atoms with E-state index in [4.69, 9.17) is 9.47 Å². The van der Waals surface area contributed by atoms with Crippen LogP contribution in [-0.2, 0) is 39.5 Å². The number of rotatable bonds is 8. The summed E-state index contributed by atoms with van der Waals surface area (Å²) >= 11 is 0. The van der Waals surface area contributed by atoms with E-state index in [2.05, 4.69) is 5.32 Å². The van der Waals surface area contributed by atoms with E-state index in [1.807, 2.05) is 60.7 Å². The van der Waals surface area contributed by atoms with E-state index in [1.54, 1.807) is 0 Å². The van der Waals surface area contributed by atoms with E-state index in [-0.39, 0.29) is 23.6 Å². The van der Waals surface area contributed by atoms with E-state index in [0.717, 1.165) is 16.0 Å². The highest BCUT2D eigenvalue weighted by atomic mass is 32.2. The molecule has 1 saturated heterocycles. The third-order valence-electron chi connectivity index (χ3n) is 5.52. The molecule has 1 fully saturated rings. The van der Waals surface area contributed by atoms with E-state index in [1.165, 1.54) is 6.92 Å². The molecule has 1 N–H and O–H groups in total. The van der Waals surface area contributed by atoms with E-state index < -0.39 is 46.2 Å². The molecule has 0 spiro atoms. The van der Waals surface area contributed by atoms with Gasteiger partial charge in [0.25, 0.3) is 5.91 Å². The van der Waals surface area contributed by atoms with Crippen LogP contribution in [0.25, 0.3) is 0 Å². The first-order valence-corrected chi connectivity index (χ1v) is 11.9. The lowest BCUT2D eigenvalue weighted by atomic mass is 10.0. The van der Waals surface area contributed by atoms with Gasteiger partial charge in [-0.2, -0.15) is 0 Å². The lowest BCUT2D eigenvalue weighted by Crippen LogP contribution is -2.73. The molecule has 3 atom stereocenters. The smallest absolute Gasteiger partial charge is 0.356 e. The predicted octanol–water partition coefficient (Wildman–Crippen LogP) is 1.18. The van der Waals surface area contributed by atoms with Crippen LogP contribution in [0.3, 0.4) is 0 Å². The standard InChI is InChI=1S/C24H22N2O7S/c1-15(28)32-12-18-13-34(31)23-19(25-14-27)22(29)26(23)20(18)24(30)33-21(16-8-4-2-5-9-16)17-10-6-3-7-11-17/h2-11,14,19,21,23H,12-13H2,1H3,(H,25,27). The summed E-state index contributed by atoms with van der Waals surface area (Å²) in [5.74, 6) is -2.10. The van der Waals surface area contributed by atoms with Crippen molar-refractivity contribution in [3.8, 4) is 0 Å². The van der Waals surface area contributed by atoms with Gasteiger partial charge in [-0.05, 0) is 11.1 Å². The Morgan fingerprint density at radius 2 is 1.71 bits per heavy atom. The molecule has 176 valence electrons. The van der Waals surface area contributed by atoms with Gasteiger partial charge in [0.05, 0.1) is 16.6 Å². The van der Waals surface area contributed by atoms with Crippen molar-refractivity contribution in [2.24, 2.45) is 0 Å². The average molecular weight is 483 g/mol. The number of amides is 2. The number of carbonyl (C=O) groups excluding carboxylic acids is 4. The van der Waals surface area contributed by atoms with Gasteiger partial charge >= 0.3 is 11.9 Å². The Morgan fingerprint density at radius 3 is 2.24 bits per heavy atom. The molecule has 2 aromatic rings. The molecule has 0 aliphatic carbocycles. The molecule has 34 heavy (non-hydrogen) atoms. The van der Waals surface area contributed by atoms with E-state index in [0.29, 0.717) is 6.41 Å². The van der Waals surface area contributed by atoms with Gasteiger partial charge in [0.15, 0.2) is 6.10 Å². The van der Waals surface area contributed by atoms with Crippen molar-refractivity contribution in [2.75, 3.05) is 12.4 Å². The summed E-state index contributed by atoms with van der Waals surface area (Å²) in [6.07, 6.45) is -0.419. The molecule has 0 radical (unpaired) electrons. The van der Waals surface area contributed by atoms with Gasteiger partial charge in [-0.15, -0.1) is 0 Å². The van der Waals surface area contributed by atoms with Crippen molar-refractivity contribution in [1.82, 2.24) is 10.2 Å². The van der Waals surface area contributed by atoms with Crippen molar-refractivity contribution < 1.29 is 32.9 Å². The summed E-state index contributed by atoms with van der Waals surface area (Å²) in [5, 5.41) is 1.44. The van der Waals surface area contributed by atoms with Crippen LogP contribution in [-0.4, -0.2) is 57.1 Å². The maximum atomic E-state index is 13.5. The highest BCUT2D eigenvalue weighted by molar-refractivity contribution is 7.86. The Morgan fingerprint density at radius 1 is 1.12 bits per heavy atom.